The average Bonchev–Trinajstić information content (AvgIpc) is 3.32. The molecule has 3 amide bonds. The third-order valence-corrected chi connectivity index (χ3v) is 4.93. The minimum Gasteiger partial charge on any atom is -0.467 e. The minimum absolute atomic E-state index is 0.0360. The number of hydrogen-bond donors (Lipinski definition) is 1. The third-order valence-electron chi connectivity index (χ3n) is 4.93. The lowest BCUT2D eigenvalue weighted by atomic mass is 10.1. The Labute approximate surface area is 195 Å². The molecular weight excluding hydrogens is 447 g/mol. The normalized spacial score (nSPS) is 11.0. The first-order valence-corrected chi connectivity index (χ1v) is 10.4. The summed E-state index contributed by atoms with van der Waals surface area (Å²) in [6, 6.07) is 16.5. The molecule has 0 bridgehead atoms. The fraction of sp³-hybridized carbons (Fsp3) is 0.200. The molecule has 1 aromatic heterocycles. The van der Waals surface area contributed by atoms with E-state index in [1.165, 1.54) is 29.4 Å². The van der Waals surface area contributed by atoms with Gasteiger partial charge in [0.05, 0.1) is 24.1 Å². The molecule has 0 aliphatic carbocycles. The lowest BCUT2D eigenvalue weighted by Gasteiger charge is -2.27. The van der Waals surface area contributed by atoms with Gasteiger partial charge in [0, 0.05) is 13.1 Å². The molecule has 1 N–H and O–H groups in total. The van der Waals surface area contributed by atoms with Gasteiger partial charge in [-0.1, -0.05) is 48.5 Å². The van der Waals surface area contributed by atoms with Crippen LogP contribution in [0.25, 0.3) is 0 Å². The molecule has 6 nitrogen and oxygen atoms in total. The van der Waals surface area contributed by atoms with E-state index in [0.29, 0.717) is 5.76 Å². The van der Waals surface area contributed by atoms with Crippen molar-refractivity contribution < 1.29 is 27.2 Å². The highest BCUT2D eigenvalue weighted by Crippen LogP contribution is 2.34. The molecule has 0 unspecified atom stereocenters. The first kappa shape index (κ1) is 24.6. The Kier molecular flexibility index (Phi) is 8.13. The largest absolute Gasteiger partial charge is 0.467 e. The quantitative estimate of drug-likeness (QED) is 0.417. The zero-order valence-corrected chi connectivity index (χ0v) is 18.3. The lowest BCUT2D eigenvalue weighted by Crippen LogP contribution is -2.44. The first-order chi connectivity index (χ1) is 16.3. The Hall–Kier alpha value is -4.01. The molecule has 0 aliphatic rings. The molecule has 1 heterocycles. The highest BCUT2D eigenvalue weighted by molar-refractivity contribution is 5.93. The van der Waals surface area contributed by atoms with E-state index < -0.39 is 29.4 Å². The van der Waals surface area contributed by atoms with Crippen LogP contribution < -0.4 is 5.32 Å². The van der Waals surface area contributed by atoms with Crippen LogP contribution in [0.4, 0.5) is 23.7 Å². The van der Waals surface area contributed by atoms with Crippen LogP contribution in [0.15, 0.2) is 90.1 Å². The Bertz CT molecular complexity index is 1100. The zero-order valence-electron chi connectivity index (χ0n) is 18.3. The lowest BCUT2D eigenvalue weighted by molar-refractivity contribution is -0.137. The van der Waals surface area contributed by atoms with Gasteiger partial charge in [0.15, 0.2) is 0 Å². The van der Waals surface area contributed by atoms with Crippen LogP contribution >= 0.6 is 0 Å². The summed E-state index contributed by atoms with van der Waals surface area (Å²) in [5.41, 5.74) is -0.490. The zero-order chi connectivity index (χ0) is 24.6. The number of nitrogens with one attached hydrogen (secondary N) is 1. The van der Waals surface area contributed by atoms with Crippen LogP contribution in [-0.4, -0.2) is 34.8 Å². The fourth-order valence-electron chi connectivity index (χ4n) is 3.30. The van der Waals surface area contributed by atoms with E-state index in [1.54, 1.807) is 12.1 Å². The van der Waals surface area contributed by atoms with E-state index >= 15 is 0 Å². The van der Waals surface area contributed by atoms with Gasteiger partial charge in [-0.15, -0.1) is 6.58 Å². The molecule has 0 aliphatic heterocycles. The maximum atomic E-state index is 13.3. The number of halogens is 3. The van der Waals surface area contributed by atoms with E-state index in [4.69, 9.17) is 4.42 Å². The highest BCUT2D eigenvalue weighted by Gasteiger charge is 2.34. The number of amides is 3. The average molecular weight is 471 g/mol. The second kappa shape index (κ2) is 11.2. The predicted molar refractivity (Wildman–Crippen MR) is 122 cm³/mol. The number of nitrogens with zero attached hydrogens (tertiary/aromatic N) is 2. The molecule has 0 fully saturated rings. The van der Waals surface area contributed by atoms with E-state index in [9.17, 15) is 22.8 Å². The Morgan fingerprint density at radius 1 is 0.941 bits per heavy atom. The van der Waals surface area contributed by atoms with E-state index in [1.807, 2.05) is 30.3 Å². The SMILES string of the molecule is C=CCN(CC(=O)N(Cc1ccccc1)Cc1ccco1)C(=O)Nc1ccccc1C(F)(F)F. The van der Waals surface area contributed by atoms with Crippen molar-refractivity contribution in [3.05, 3.63) is 103 Å². The van der Waals surface area contributed by atoms with Crippen molar-refractivity contribution in [2.24, 2.45) is 0 Å². The molecule has 2 aromatic carbocycles. The Morgan fingerprint density at radius 2 is 1.65 bits per heavy atom. The van der Waals surface area contributed by atoms with Crippen molar-refractivity contribution >= 4 is 17.6 Å². The van der Waals surface area contributed by atoms with Crippen molar-refractivity contribution in [2.45, 2.75) is 19.3 Å². The van der Waals surface area contributed by atoms with Gasteiger partial charge in [-0.05, 0) is 29.8 Å². The van der Waals surface area contributed by atoms with Crippen LogP contribution in [0, 0.1) is 0 Å². The van der Waals surface area contributed by atoms with Crippen LogP contribution in [0.5, 0.6) is 0 Å². The van der Waals surface area contributed by atoms with Crippen LogP contribution in [-0.2, 0) is 24.1 Å². The summed E-state index contributed by atoms with van der Waals surface area (Å²) in [6.45, 7) is 3.62. The molecule has 34 heavy (non-hydrogen) atoms. The molecule has 178 valence electrons. The van der Waals surface area contributed by atoms with Crippen molar-refractivity contribution in [1.29, 1.82) is 0 Å². The molecule has 0 atom stereocenters. The summed E-state index contributed by atoms with van der Waals surface area (Å²) in [7, 11) is 0. The van der Waals surface area contributed by atoms with Gasteiger partial charge in [0.2, 0.25) is 5.91 Å². The summed E-state index contributed by atoms with van der Waals surface area (Å²) in [5, 5.41) is 2.27. The summed E-state index contributed by atoms with van der Waals surface area (Å²) >= 11 is 0. The molecule has 0 spiro atoms. The van der Waals surface area contributed by atoms with Crippen LogP contribution in [0.3, 0.4) is 0 Å². The van der Waals surface area contributed by atoms with Gasteiger partial charge in [-0.3, -0.25) is 4.79 Å². The second-order valence-corrected chi connectivity index (χ2v) is 7.46. The number of hydrogen-bond acceptors (Lipinski definition) is 3. The molecule has 0 saturated heterocycles. The van der Waals surface area contributed by atoms with Gasteiger partial charge < -0.3 is 19.5 Å². The van der Waals surface area contributed by atoms with E-state index in [-0.39, 0.29) is 26.2 Å². The van der Waals surface area contributed by atoms with Gasteiger partial charge in [0.25, 0.3) is 0 Å². The van der Waals surface area contributed by atoms with Crippen LogP contribution in [0.1, 0.15) is 16.9 Å². The summed E-state index contributed by atoms with van der Waals surface area (Å²) < 4.78 is 45.3. The number of anilines is 1. The van der Waals surface area contributed by atoms with Crippen molar-refractivity contribution in [3.63, 3.8) is 0 Å². The van der Waals surface area contributed by atoms with E-state index in [0.717, 1.165) is 22.6 Å². The van der Waals surface area contributed by atoms with Gasteiger partial charge in [-0.25, -0.2) is 4.79 Å². The molecule has 3 aromatic rings. The Morgan fingerprint density at radius 3 is 2.29 bits per heavy atom. The van der Waals surface area contributed by atoms with Crippen molar-refractivity contribution in [2.75, 3.05) is 18.4 Å². The second-order valence-electron chi connectivity index (χ2n) is 7.46. The number of urea groups is 1. The number of carbonyl (C=O) groups excluding carboxylic acids is 2. The molecule has 0 saturated carbocycles. The van der Waals surface area contributed by atoms with Crippen LogP contribution in [0.2, 0.25) is 0 Å². The predicted octanol–water partition coefficient (Wildman–Crippen LogP) is 5.55. The molecule has 9 heteroatoms. The maximum Gasteiger partial charge on any atom is 0.418 e. The number of benzene rings is 2. The van der Waals surface area contributed by atoms with Gasteiger partial charge in [0.1, 0.15) is 12.3 Å². The highest BCUT2D eigenvalue weighted by atomic mass is 19.4. The monoisotopic (exact) mass is 471 g/mol. The molecule has 3 rings (SSSR count). The number of carbonyl (C=O) groups is 2. The standard InChI is InChI=1S/C25H24F3N3O3/c1-2-14-30(24(33)29-22-13-7-6-12-21(22)25(26,27)28)18-23(32)31(17-20-11-8-15-34-20)16-19-9-4-3-5-10-19/h2-13,15H,1,14,16-18H2,(H,29,33). The smallest absolute Gasteiger partial charge is 0.418 e. The van der Waals surface area contributed by atoms with Crippen molar-refractivity contribution in [3.8, 4) is 0 Å². The summed E-state index contributed by atoms with van der Waals surface area (Å²) in [4.78, 5) is 28.6. The topological polar surface area (TPSA) is 65.8 Å². The minimum atomic E-state index is -4.64. The van der Waals surface area contributed by atoms with Crippen molar-refractivity contribution in [1.82, 2.24) is 9.80 Å². The third kappa shape index (κ3) is 6.74. The number of para-hydroxylation sites is 1. The fourth-order valence-corrected chi connectivity index (χ4v) is 3.30. The molecule has 0 radical (unpaired) electrons. The summed E-state index contributed by atoms with van der Waals surface area (Å²) in [5.74, 6) is 0.157. The first-order valence-electron chi connectivity index (χ1n) is 10.4. The number of alkyl halides is 3. The number of furan rings is 1. The van der Waals surface area contributed by atoms with Gasteiger partial charge in [-0.2, -0.15) is 13.2 Å². The maximum absolute atomic E-state index is 13.3. The molecular formula is C25H24F3N3O3. The Balaban J connectivity index is 1.77. The van der Waals surface area contributed by atoms with Gasteiger partial charge >= 0.3 is 12.2 Å². The number of rotatable bonds is 9. The summed E-state index contributed by atoms with van der Waals surface area (Å²) in [6.07, 6.45) is -1.74. The van der Waals surface area contributed by atoms with E-state index in [2.05, 4.69) is 11.9 Å².